The van der Waals surface area contributed by atoms with Gasteiger partial charge in [0.1, 0.15) is 26.2 Å². The molecule has 4 aromatic carbocycles. The second-order valence-corrected chi connectivity index (χ2v) is 22.0. The predicted octanol–water partition coefficient (Wildman–Crippen LogP) is 7.01. The van der Waals surface area contributed by atoms with E-state index in [0.29, 0.717) is 0 Å². The molecule has 396 valence electrons. The summed E-state index contributed by atoms with van der Waals surface area (Å²) in [6, 6.07) is 39.4. The molecule has 0 saturated heterocycles. The zero-order valence-corrected chi connectivity index (χ0v) is 48.6. The van der Waals surface area contributed by atoms with Crippen molar-refractivity contribution in [2.45, 2.75) is 55.4 Å². The van der Waals surface area contributed by atoms with Crippen LogP contribution in [0.3, 0.4) is 0 Å². The molecule has 0 spiro atoms. The van der Waals surface area contributed by atoms with E-state index in [1.807, 2.05) is 0 Å². The van der Waals surface area contributed by atoms with Crippen molar-refractivity contribution in [2.75, 3.05) is 62.2 Å². The quantitative estimate of drug-likeness (QED) is 0.0485. The van der Waals surface area contributed by atoms with Crippen LogP contribution >= 0.6 is 7.82 Å². The maximum atomic E-state index is 8.88. The van der Waals surface area contributed by atoms with E-state index >= 15 is 0 Å². The molecular weight excluding hydrogens is 1210 g/mol. The topological polar surface area (TPSA) is 245 Å². The number of rotatable bonds is 14. The molecule has 6 rings (SSSR count). The summed E-state index contributed by atoms with van der Waals surface area (Å²) >= 11 is -11.7. The van der Waals surface area contributed by atoms with E-state index in [-0.39, 0.29) is 0 Å². The average Bonchev–Trinajstić information content (AvgIpc) is 3.34. The number of allylic oxidation sites excluding steroid dienone is 10. The average molecular weight is 1280 g/mol. The van der Waals surface area contributed by atoms with Crippen LogP contribution in [0.25, 0.3) is 11.1 Å². The molecule has 4 aromatic rings. The Labute approximate surface area is 438 Å². The standard InChI is InChI=1S/2C27H33N2.Mo.H3O4P.2H2O.6O.W/c2*1-5-28(6-2)25-18-14-23(15-19-25)27(22-12-10-9-11-13-22)24-16-20-26(21-17-24)29(7-3)8-4;;1-5(2,3)4;;;;;;;;;/h2*9-21H,5-8H2,1-4H3;;(H3,1,2,3,4);2*1H2;;;;;;;/q2*+1;;;;;;;;;2*-1;+2/p-2. The number of hydrogen-bond acceptors (Lipinski definition) is 9. The van der Waals surface area contributed by atoms with Crippen LogP contribution in [-0.4, -0.2) is 95.1 Å². The number of nitrogens with zero attached hydrogens (tertiary/aromatic N) is 4. The minimum absolute atomic E-state index is 1.03. The van der Waals surface area contributed by atoms with Crippen LogP contribution in [0.1, 0.15) is 77.6 Å². The van der Waals surface area contributed by atoms with Crippen LogP contribution in [-0.2, 0) is 51.6 Å². The Hall–Kier alpha value is -5.21. The third-order valence-corrected chi connectivity index (χ3v) is 11.3. The molecule has 2 aliphatic carbocycles. The third-order valence-electron chi connectivity index (χ3n) is 11.3. The fourth-order valence-electron chi connectivity index (χ4n) is 7.92. The zero-order valence-electron chi connectivity index (χ0n) is 42.8. The van der Waals surface area contributed by atoms with Gasteiger partial charge in [-0.3, -0.25) is 0 Å². The van der Waals surface area contributed by atoms with Gasteiger partial charge in [-0.2, -0.15) is 0 Å². The number of phosphoric acid groups is 1. The molecule has 2 aliphatic rings. The molecule has 0 heterocycles. The van der Waals surface area contributed by atoms with E-state index in [2.05, 4.69) is 232 Å². The molecule has 73 heavy (non-hydrogen) atoms. The molecule has 0 fully saturated rings. The molecule has 19 heteroatoms. The van der Waals surface area contributed by atoms with Gasteiger partial charge in [-0.25, -0.2) is 13.7 Å². The predicted molar refractivity (Wildman–Crippen MR) is 276 cm³/mol. The van der Waals surface area contributed by atoms with Gasteiger partial charge in [-0.1, -0.05) is 84.9 Å². The van der Waals surface area contributed by atoms with Crippen LogP contribution in [0.2, 0.25) is 0 Å². The van der Waals surface area contributed by atoms with Gasteiger partial charge < -0.3 is 24.5 Å². The van der Waals surface area contributed by atoms with Crippen LogP contribution in [0.4, 0.5) is 11.4 Å². The molecule has 16 nitrogen and oxygen atoms in total. The van der Waals surface area contributed by atoms with Crippen molar-refractivity contribution < 1.29 is 90.5 Å². The molecule has 0 bridgehead atoms. The Morgan fingerprint density at radius 2 is 0.699 bits per heavy atom. The Kier molecular flexibility index (Phi) is 28.2. The zero-order chi connectivity index (χ0) is 54.8. The van der Waals surface area contributed by atoms with Crippen molar-refractivity contribution in [3.63, 3.8) is 0 Å². The summed E-state index contributed by atoms with van der Waals surface area (Å²) in [5, 5.41) is 0. The summed E-state index contributed by atoms with van der Waals surface area (Å²) < 4.78 is 80.2. The van der Waals surface area contributed by atoms with E-state index in [0.717, 1.165) is 52.4 Å². The number of anilines is 2. The normalized spacial score (nSPS) is 12.7. The van der Waals surface area contributed by atoms with Crippen molar-refractivity contribution in [3.05, 3.63) is 191 Å². The Balaban J connectivity index is 0.000000391. The van der Waals surface area contributed by atoms with Gasteiger partial charge in [0, 0.05) is 61.9 Å². The summed E-state index contributed by atoms with van der Waals surface area (Å²) in [7, 11) is -4.64. The fourth-order valence-corrected chi connectivity index (χ4v) is 7.92. The molecule has 0 saturated carbocycles. The molecular formula is C54H71MoN4O12PW. The van der Waals surface area contributed by atoms with Crippen LogP contribution in [0.15, 0.2) is 169 Å². The van der Waals surface area contributed by atoms with E-state index in [1.54, 1.807) is 0 Å². The summed E-state index contributed by atoms with van der Waals surface area (Å²) in [6.07, 6.45) is 18.0. The minimum atomic E-state index is -6.02. The summed E-state index contributed by atoms with van der Waals surface area (Å²) in [5.41, 5.74) is 15.2. The van der Waals surface area contributed by atoms with E-state index in [1.165, 1.54) is 67.3 Å². The number of hydrogen-bond donors (Lipinski definition) is 5. The monoisotopic (exact) mass is 1280 g/mol. The molecule has 5 N–H and O–H groups in total. The number of benzene rings is 4. The van der Waals surface area contributed by atoms with Crippen LogP contribution in [0.5, 0.6) is 0 Å². The fraction of sp³-hybridized carbons (Fsp3) is 0.296. The van der Waals surface area contributed by atoms with Gasteiger partial charge in [-0.05, 0) is 149 Å². The van der Waals surface area contributed by atoms with Crippen molar-refractivity contribution in [3.8, 4) is 0 Å². The molecule has 0 aromatic heterocycles. The Bertz CT molecular complexity index is 2620. The van der Waals surface area contributed by atoms with E-state index in [9.17, 15) is 0 Å². The first-order valence-corrected chi connectivity index (χ1v) is 33.7. The van der Waals surface area contributed by atoms with Crippen LogP contribution in [0, 0.1) is 0 Å². The van der Waals surface area contributed by atoms with Crippen molar-refractivity contribution in [1.82, 2.24) is 0 Å². The molecule has 0 radical (unpaired) electrons. The molecule has 0 aliphatic heterocycles. The first-order chi connectivity index (χ1) is 34.4. The molecule has 0 atom stereocenters. The van der Waals surface area contributed by atoms with Gasteiger partial charge in [0.15, 0.2) is 11.4 Å². The Morgan fingerprint density at radius 1 is 0.479 bits per heavy atom. The molecule has 0 unspecified atom stereocenters. The van der Waals surface area contributed by atoms with Crippen LogP contribution < -0.4 is 17.3 Å². The first kappa shape index (κ1) is 63.9. The summed E-state index contributed by atoms with van der Waals surface area (Å²) in [5.74, 6) is 0. The van der Waals surface area contributed by atoms with E-state index < -0.39 is 41.3 Å². The van der Waals surface area contributed by atoms with Crippen molar-refractivity contribution in [2.24, 2.45) is 0 Å². The van der Waals surface area contributed by atoms with Gasteiger partial charge >= 0.3 is 69.9 Å². The maximum absolute atomic E-state index is 8.88. The SMILES string of the molecule is CCN(CC)c1ccc(C(=C2C=CC(=[N+](CC)CC)C=C2)c2ccccc2)cc1.CCN(CC)c1ccc(C(=C2C=CC(=[N+](CC)CC)C=C2)c2ccccc2)cc1.O=P(O)(O)O.[O]=[Mo](=[O])([O-])[O-].[O]=[W](=[O])([OH])[OH]. The van der Waals surface area contributed by atoms with Gasteiger partial charge in [0.05, 0.1) is 0 Å². The van der Waals surface area contributed by atoms with Gasteiger partial charge in [0.25, 0.3) is 0 Å². The second-order valence-electron chi connectivity index (χ2n) is 15.7. The van der Waals surface area contributed by atoms with Crippen molar-refractivity contribution >= 4 is 41.8 Å². The summed E-state index contributed by atoms with van der Waals surface area (Å²) in [6.45, 7) is 25.8. The third kappa shape index (κ3) is 24.6. The Morgan fingerprint density at radius 3 is 0.904 bits per heavy atom. The van der Waals surface area contributed by atoms with E-state index in [4.69, 9.17) is 47.9 Å². The second kappa shape index (κ2) is 32.2. The summed E-state index contributed by atoms with van der Waals surface area (Å²) in [4.78, 5) is 26.3. The van der Waals surface area contributed by atoms with Gasteiger partial charge in [0.2, 0.25) is 0 Å². The van der Waals surface area contributed by atoms with Gasteiger partial charge in [-0.15, -0.1) is 0 Å². The first-order valence-electron chi connectivity index (χ1n) is 23.8. The van der Waals surface area contributed by atoms with Crippen molar-refractivity contribution in [1.29, 1.82) is 0 Å². The molecule has 0 amide bonds.